The largest absolute Gasteiger partial charge is 0.463 e. The second kappa shape index (κ2) is 9.05. The van der Waals surface area contributed by atoms with Crippen LogP contribution < -0.4 is 0 Å². The van der Waals surface area contributed by atoms with E-state index in [9.17, 15) is 9.59 Å². The minimum atomic E-state index is -0.353. The molecule has 0 bridgehead atoms. The van der Waals surface area contributed by atoms with Gasteiger partial charge in [-0.15, -0.1) is 0 Å². The molecule has 4 heteroatoms. The number of hydrogen-bond donors (Lipinski definition) is 0. The minimum absolute atomic E-state index is 0.335. The van der Waals surface area contributed by atoms with Gasteiger partial charge >= 0.3 is 5.97 Å². The van der Waals surface area contributed by atoms with E-state index in [1.165, 1.54) is 6.08 Å². The Hall–Kier alpha value is -1.94. The number of carbonyl (C=O) groups excluding carboxylic acids is 2. The summed E-state index contributed by atoms with van der Waals surface area (Å²) in [6, 6.07) is 9.89. The molecule has 0 aliphatic heterocycles. The second-order valence-electron chi connectivity index (χ2n) is 4.00. The normalized spacial score (nSPS) is 10.8. The molecule has 0 atom stereocenters. The molecule has 19 heavy (non-hydrogen) atoms. The molecule has 0 radical (unpaired) electrons. The van der Waals surface area contributed by atoms with Gasteiger partial charge in [0, 0.05) is 19.2 Å². The lowest BCUT2D eigenvalue weighted by Gasteiger charge is -2.17. The van der Waals surface area contributed by atoms with E-state index in [1.807, 2.05) is 35.2 Å². The molecule has 0 N–H and O–H groups in total. The van der Waals surface area contributed by atoms with Gasteiger partial charge in [0.2, 0.25) is 0 Å². The van der Waals surface area contributed by atoms with Crippen molar-refractivity contribution < 1.29 is 14.3 Å². The van der Waals surface area contributed by atoms with E-state index in [4.69, 9.17) is 4.74 Å². The van der Waals surface area contributed by atoms with Crippen LogP contribution in [0.2, 0.25) is 0 Å². The number of aldehydes is 1. The molecule has 1 aromatic rings. The smallest absolute Gasteiger partial charge is 0.330 e. The molecule has 0 fully saturated rings. The van der Waals surface area contributed by atoms with Gasteiger partial charge < -0.3 is 9.53 Å². The van der Waals surface area contributed by atoms with Crippen LogP contribution in [0.4, 0.5) is 0 Å². The Kier molecular flexibility index (Phi) is 7.20. The monoisotopic (exact) mass is 261 g/mol. The summed E-state index contributed by atoms with van der Waals surface area (Å²) in [5.41, 5.74) is 1.13. The summed E-state index contributed by atoms with van der Waals surface area (Å²) in [6.45, 7) is 3.67. The third kappa shape index (κ3) is 6.52. The summed E-state index contributed by atoms with van der Waals surface area (Å²) >= 11 is 0. The van der Waals surface area contributed by atoms with Crippen LogP contribution in [-0.4, -0.2) is 36.9 Å². The highest BCUT2D eigenvalue weighted by Crippen LogP contribution is 2.03. The molecular weight excluding hydrogens is 242 g/mol. The van der Waals surface area contributed by atoms with Gasteiger partial charge in [-0.1, -0.05) is 36.4 Å². The Labute approximate surface area is 113 Å². The van der Waals surface area contributed by atoms with Crippen LogP contribution in [0, 0.1) is 0 Å². The van der Waals surface area contributed by atoms with E-state index in [-0.39, 0.29) is 5.97 Å². The van der Waals surface area contributed by atoms with Gasteiger partial charge in [-0.05, 0) is 12.5 Å². The van der Waals surface area contributed by atoms with Crippen molar-refractivity contribution in [2.75, 3.05) is 19.7 Å². The van der Waals surface area contributed by atoms with Crippen molar-refractivity contribution >= 4 is 12.3 Å². The maximum absolute atomic E-state index is 11.1. The zero-order chi connectivity index (χ0) is 13.9. The fraction of sp³-hybridized carbons (Fsp3) is 0.333. The van der Waals surface area contributed by atoms with Gasteiger partial charge in [0.05, 0.1) is 13.2 Å². The predicted molar refractivity (Wildman–Crippen MR) is 73.6 cm³/mol. The van der Waals surface area contributed by atoms with E-state index >= 15 is 0 Å². The quantitative estimate of drug-likeness (QED) is 0.407. The standard InChI is InChI=1S/C15H19NO3/c1-2-19-15(18)9-6-10-16(11-12-17)13-14-7-4-3-5-8-14/h3-9,12H,2,10-11,13H2,1H3. The van der Waals surface area contributed by atoms with Crippen molar-refractivity contribution in [3.63, 3.8) is 0 Å². The van der Waals surface area contributed by atoms with Crippen LogP contribution >= 0.6 is 0 Å². The summed E-state index contributed by atoms with van der Waals surface area (Å²) < 4.78 is 4.79. The van der Waals surface area contributed by atoms with Crippen LogP contribution in [0.3, 0.4) is 0 Å². The SMILES string of the molecule is CCOC(=O)C=CCN(CC=O)Cc1ccccc1. The van der Waals surface area contributed by atoms with E-state index in [2.05, 4.69) is 0 Å². The predicted octanol–water partition coefficient (Wildman–Crippen LogP) is 1.81. The van der Waals surface area contributed by atoms with E-state index < -0.39 is 0 Å². The van der Waals surface area contributed by atoms with Gasteiger partial charge in [-0.2, -0.15) is 0 Å². The first-order valence-corrected chi connectivity index (χ1v) is 6.29. The number of rotatable bonds is 8. The fourth-order valence-electron chi connectivity index (χ4n) is 1.64. The number of benzene rings is 1. The first-order valence-electron chi connectivity index (χ1n) is 6.29. The topological polar surface area (TPSA) is 46.6 Å². The highest BCUT2D eigenvalue weighted by Gasteiger charge is 2.03. The molecule has 4 nitrogen and oxygen atoms in total. The number of hydrogen-bond acceptors (Lipinski definition) is 4. The van der Waals surface area contributed by atoms with Crippen molar-refractivity contribution in [2.45, 2.75) is 13.5 Å². The average molecular weight is 261 g/mol. The molecule has 1 aromatic carbocycles. The molecule has 0 saturated carbocycles. The molecular formula is C15H19NO3. The molecule has 0 aliphatic carbocycles. The Morgan fingerprint density at radius 2 is 2.00 bits per heavy atom. The third-order valence-corrected chi connectivity index (χ3v) is 2.49. The number of ether oxygens (including phenoxy) is 1. The summed E-state index contributed by atoms with van der Waals surface area (Å²) in [5.74, 6) is -0.353. The van der Waals surface area contributed by atoms with Crippen LogP contribution in [0.15, 0.2) is 42.5 Å². The molecule has 0 spiro atoms. The van der Waals surface area contributed by atoms with Crippen molar-refractivity contribution in [3.05, 3.63) is 48.0 Å². The minimum Gasteiger partial charge on any atom is -0.463 e. The molecule has 0 amide bonds. The Bertz CT molecular complexity index is 415. The highest BCUT2D eigenvalue weighted by molar-refractivity contribution is 5.81. The molecule has 0 saturated heterocycles. The van der Waals surface area contributed by atoms with E-state index in [1.54, 1.807) is 13.0 Å². The number of esters is 1. The highest BCUT2D eigenvalue weighted by atomic mass is 16.5. The molecule has 102 valence electrons. The molecule has 0 aromatic heterocycles. The summed E-state index contributed by atoms with van der Waals surface area (Å²) in [6.07, 6.45) is 3.97. The molecule has 1 rings (SSSR count). The Balaban J connectivity index is 2.49. The van der Waals surface area contributed by atoms with Gasteiger partial charge in [-0.25, -0.2) is 4.79 Å². The van der Waals surface area contributed by atoms with Crippen molar-refractivity contribution in [2.24, 2.45) is 0 Å². The maximum atomic E-state index is 11.1. The summed E-state index contributed by atoms with van der Waals surface area (Å²) in [4.78, 5) is 23.7. The van der Waals surface area contributed by atoms with E-state index in [0.717, 1.165) is 11.8 Å². The van der Waals surface area contributed by atoms with Crippen LogP contribution in [0.1, 0.15) is 12.5 Å². The number of carbonyl (C=O) groups is 2. The van der Waals surface area contributed by atoms with Crippen molar-refractivity contribution in [1.29, 1.82) is 0 Å². The van der Waals surface area contributed by atoms with Crippen LogP contribution in [-0.2, 0) is 20.9 Å². The zero-order valence-electron chi connectivity index (χ0n) is 11.1. The van der Waals surface area contributed by atoms with Gasteiger partial charge in [0.15, 0.2) is 0 Å². The van der Waals surface area contributed by atoms with Gasteiger partial charge in [-0.3, -0.25) is 4.90 Å². The first kappa shape index (κ1) is 15.1. The van der Waals surface area contributed by atoms with E-state index in [0.29, 0.717) is 26.2 Å². The molecule has 0 aliphatic rings. The van der Waals surface area contributed by atoms with Crippen molar-refractivity contribution in [3.8, 4) is 0 Å². The Morgan fingerprint density at radius 3 is 2.63 bits per heavy atom. The van der Waals surface area contributed by atoms with Gasteiger partial charge in [0.25, 0.3) is 0 Å². The van der Waals surface area contributed by atoms with Crippen LogP contribution in [0.5, 0.6) is 0 Å². The maximum Gasteiger partial charge on any atom is 0.330 e. The van der Waals surface area contributed by atoms with Crippen LogP contribution in [0.25, 0.3) is 0 Å². The lowest BCUT2D eigenvalue weighted by molar-refractivity contribution is -0.137. The lowest BCUT2D eigenvalue weighted by Crippen LogP contribution is -2.25. The Morgan fingerprint density at radius 1 is 1.26 bits per heavy atom. The number of nitrogens with zero attached hydrogens (tertiary/aromatic N) is 1. The summed E-state index contributed by atoms with van der Waals surface area (Å²) in [5, 5.41) is 0. The average Bonchev–Trinajstić information content (AvgIpc) is 2.40. The molecule has 0 heterocycles. The zero-order valence-corrected chi connectivity index (χ0v) is 11.1. The second-order valence-corrected chi connectivity index (χ2v) is 4.00. The molecule has 0 unspecified atom stereocenters. The first-order chi connectivity index (χ1) is 9.26. The lowest BCUT2D eigenvalue weighted by atomic mass is 10.2. The van der Waals surface area contributed by atoms with Crippen molar-refractivity contribution in [1.82, 2.24) is 4.90 Å². The summed E-state index contributed by atoms with van der Waals surface area (Å²) in [7, 11) is 0. The third-order valence-electron chi connectivity index (χ3n) is 2.49. The van der Waals surface area contributed by atoms with Gasteiger partial charge in [0.1, 0.15) is 6.29 Å². The fourth-order valence-corrected chi connectivity index (χ4v) is 1.64.